The van der Waals surface area contributed by atoms with Gasteiger partial charge in [0.25, 0.3) is 0 Å². The normalized spacial score (nSPS) is 52.3. The number of hydrogen-bond donors (Lipinski definition) is 0. The molecular formula is C18H15N3O3. The van der Waals surface area contributed by atoms with E-state index in [1.165, 1.54) is 4.57 Å². The highest BCUT2D eigenvalue weighted by molar-refractivity contribution is 5.50. The van der Waals surface area contributed by atoms with E-state index in [0.717, 1.165) is 19.1 Å². The number of hydrogen-bond acceptors (Lipinski definition) is 3. The number of para-hydroxylation sites is 1. The fraction of sp³-hybridized carbons (Fsp3) is 0.556. The summed E-state index contributed by atoms with van der Waals surface area (Å²) < 4.78 is 10.9. The maximum atomic E-state index is 13.2. The van der Waals surface area contributed by atoms with Crippen LogP contribution in [0.2, 0.25) is 0 Å². The number of aromatic nitrogens is 3. The Balaban J connectivity index is 1.49. The standard InChI is InChI=1S/C18H15N3O3/c22-15-19(8-4-2-1-3-5-8)16(23)21-14-11-9-10(11)13(20(15)21)17-6-24-7-18(14,17)12(9)17/h1-5,9-14H,6-7H2. The zero-order chi connectivity index (χ0) is 15.6. The number of rotatable bonds is 1. The van der Waals surface area contributed by atoms with E-state index >= 15 is 0 Å². The Kier molecular flexibility index (Phi) is 1.36. The molecule has 4 saturated carbocycles. The van der Waals surface area contributed by atoms with Gasteiger partial charge in [-0.25, -0.2) is 23.5 Å². The first-order chi connectivity index (χ1) is 11.7. The van der Waals surface area contributed by atoms with Gasteiger partial charge < -0.3 is 4.74 Å². The third-order valence-electron chi connectivity index (χ3n) is 8.49. The molecule has 2 bridgehead atoms. The van der Waals surface area contributed by atoms with Crippen molar-refractivity contribution in [2.45, 2.75) is 12.1 Å². The number of ether oxygens (including phenoxy) is 1. The summed E-state index contributed by atoms with van der Waals surface area (Å²) in [5, 5.41) is 0. The van der Waals surface area contributed by atoms with Crippen molar-refractivity contribution in [3.63, 3.8) is 0 Å². The second-order valence-electron chi connectivity index (χ2n) is 8.60. The van der Waals surface area contributed by atoms with E-state index < -0.39 is 0 Å². The van der Waals surface area contributed by atoms with Gasteiger partial charge in [0.1, 0.15) is 0 Å². The van der Waals surface area contributed by atoms with Crippen molar-refractivity contribution in [2.24, 2.45) is 34.5 Å². The maximum Gasteiger partial charge on any atom is 0.352 e. The zero-order valence-electron chi connectivity index (χ0n) is 12.8. The molecule has 6 unspecified atom stereocenters. The molecule has 0 amide bonds. The molecule has 24 heavy (non-hydrogen) atoms. The lowest BCUT2D eigenvalue weighted by Crippen LogP contribution is -2.52. The van der Waals surface area contributed by atoms with Crippen LogP contribution < -0.4 is 11.4 Å². The molecule has 4 aliphatic carbocycles. The fourth-order valence-electron chi connectivity index (χ4n) is 8.19. The van der Waals surface area contributed by atoms with E-state index in [1.54, 1.807) is 0 Å². The fourth-order valence-corrected chi connectivity index (χ4v) is 8.19. The SMILES string of the molecule is O=c1n(-c2ccccc2)c(=O)n2n1C1C3C4C3C3C15COCC35C42. The quantitative estimate of drug-likeness (QED) is 0.765. The van der Waals surface area contributed by atoms with Crippen molar-refractivity contribution >= 4 is 0 Å². The van der Waals surface area contributed by atoms with Crippen LogP contribution in [0.4, 0.5) is 0 Å². The highest BCUT2D eigenvalue weighted by Gasteiger charge is 3.04. The van der Waals surface area contributed by atoms with Crippen LogP contribution >= 0.6 is 0 Å². The Bertz CT molecular complexity index is 1030. The van der Waals surface area contributed by atoms with E-state index in [2.05, 4.69) is 0 Å². The van der Waals surface area contributed by atoms with Crippen molar-refractivity contribution < 1.29 is 4.74 Å². The van der Waals surface area contributed by atoms with Crippen LogP contribution in [-0.4, -0.2) is 27.1 Å². The van der Waals surface area contributed by atoms with Gasteiger partial charge in [-0.3, -0.25) is 0 Å². The molecule has 0 radical (unpaired) electrons. The highest BCUT2D eigenvalue weighted by Crippen LogP contribution is 3.03. The average Bonchev–Trinajstić information content (AvgIpc) is 3.19. The van der Waals surface area contributed by atoms with E-state index in [1.807, 2.05) is 39.7 Å². The van der Waals surface area contributed by atoms with Crippen molar-refractivity contribution in [2.75, 3.05) is 13.2 Å². The molecule has 1 saturated heterocycles. The second-order valence-corrected chi connectivity index (χ2v) is 8.60. The Hall–Kier alpha value is -2.08. The minimum atomic E-state index is -0.160. The lowest BCUT2D eigenvalue weighted by Gasteiger charge is -2.44. The molecular weight excluding hydrogens is 306 g/mol. The minimum Gasteiger partial charge on any atom is -0.380 e. The Morgan fingerprint density at radius 1 is 0.875 bits per heavy atom. The van der Waals surface area contributed by atoms with Gasteiger partial charge in [0.15, 0.2) is 0 Å². The molecule has 2 spiro atoms. The smallest absolute Gasteiger partial charge is 0.352 e. The zero-order valence-corrected chi connectivity index (χ0v) is 12.8. The molecule has 9 rings (SSSR count). The summed E-state index contributed by atoms with van der Waals surface area (Å²) in [6.07, 6.45) is 0. The van der Waals surface area contributed by atoms with Crippen molar-refractivity contribution in [3.05, 3.63) is 51.3 Å². The Labute approximate surface area is 136 Å². The third kappa shape index (κ3) is 0.729. The summed E-state index contributed by atoms with van der Waals surface area (Å²) in [6.45, 7) is 1.57. The third-order valence-corrected chi connectivity index (χ3v) is 8.49. The molecule has 1 aromatic carbocycles. The van der Waals surface area contributed by atoms with Crippen LogP contribution in [0.3, 0.4) is 0 Å². The summed E-state index contributed by atoms with van der Waals surface area (Å²) in [6, 6.07) is 9.70. The minimum absolute atomic E-state index is 0.160. The van der Waals surface area contributed by atoms with Gasteiger partial charge in [-0.1, -0.05) is 18.2 Å². The van der Waals surface area contributed by atoms with Crippen LogP contribution in [0.5, 0.6) is 0 Å². The summed E-state index contributed by atoms with van der Waals surface area (Å²) in [5.74, 6) is 2.69. The summed E-state index contributed by atoms with van der Waals surface area (Å²) in [5.41, 5.74) is 0.690. The van der Waals surface area contributed by atoms with Crippen LogP contribution in [-0.2, 0) is 4.74 Å². The molecule has 2 aromatic rings. The molecule has 6 atom stereocenters. The first-order valence-electron chi connectivity index (χ1n) is 8.84. The molecule has 1 aromatic heterocycles. The van der Waals surface area contributed by atoms with E-state index in [-0.39, 0.29) is 34.3 Å². The molecule has 0 N–H and O–H groups in total. The van der Waals surface area contributed by atoms with E-state index in [0.29, 0.717) is 23.4 Å². The molecule has 6 heteroatoms. The summed E-state index contributed by atoms with van der Waals surface area (Å²) >= 11 is 0. The summed E-state index contributed by atoms with van der Waals surface area (Å²) in [4.78, 5) is 26.4. The van der Waals surface area contributed by atoms with Gasteiger partial charge in [0.05, 0.1) is 31.0 Å². The molecule has 120 valence electrons. The van der Waals surface area contributed by atoms with Gasteiger partial charge in [-0.2, -0.15) is 0 Å². The van der Waals surface area contributed by atoms with Crippen LogP contribution in [0, 0.1) is 34.5 Å². The molecule has 7 aliphatic rings. The first-order valence-corrected chi connectivity index (χ1v) is 8.84. The molecule has 4 heterocycles. The number of benzene rings is 1. The van der Waals surface area contributed by atoms with Crippen LogP contribution in [0.15, 0.2) is 39.9 Å². The van der Waals surface area contributed by atoms with E-state index in [9.17, 15) is 9.59 Å². The predicted molar refractivity (Wildman–Crippen MR) is 82.0 cm³/mol. The highest BCUT2D eigenvalue weighted by atomic mass is 16.5. The van der Waals surface area contributed by atoms with Gasteiger partial charge in [-0.15, -0.1) is 0 Å². The van der Waals surface area contributed by atoms with Gasteiger partial charge >= 0.3 is 11.4 Å². The second kappa shape index (κ2) is 2.86. The Morgan fingerprint density at radius 2 is 1.46 bits per heavy atom. The molecule has 5 fully saturated rings. The van der Waals surface area contributed by atoms with E-state index in [4.69, 9.17) is 4.74 Å². The largest absolute Gasteiger partial charge is 0.380 e. The van der Waals surface area contributed by atoms with Crippen LogP contribution in [0.1, 0.15) is 12.1 Å². The van der Waals surface area contributed by atoms with Crippen molar-refractivity contribution in [1.29, 1.82) is 0 Å². The Morgan fingerprint density at radius 3 is 2.04 bits per heavy atom. The average molecular weight is 321 g/mol. The summed E-state index contributed by atoms with van der Waals surface area (Å²) in [7, 11) is 0. The van der Waals surface area contributed by atoms with Crippen molar-refractivity contribution in [3.8, 4) is 5.69 Å². The maximum absolute atomic E-state index is 13.2. The topological polar surface area (TPSA) is 58.2 Å². The van der Waals surface area contributed by atoms with Gasteiger partial charge in [-0.05, 0) is 35.8 Å². The van der Waals surface area contributed by atoms with Crippen LogP contribution in [0.25, 0.3) is 5.69 Å². The number of nitrogens with zero attached hydrogens (tertiary/aromatic N) is 3. The molecule has 3 aliphatic heterocycles. The lowest BCUT2D eigenvalue weighted by molar-refractivity contribution is 0.0280. The molecule has 6 nitrogen and oxygen atoms in total. The first kappa shape index (κ1) is 11.5. The monoisotopic (exact) mass is 321 g/mol. The van der Waals surface area contributed by atoms with Crippen molar-refractivity contribution in [1.82, 2.24) is 13.9 Å². The van der Waals surface area contributed by atoms with Gasteiger partial charge in [0, 0.05) is 10.8 Å². The van der Waals surface area contributed by atoms with Gasteiger partial charge in [0.2, 0.25) is 0 Å². The lowest BCUT2D eigenvalue weighted by atomic mass is 9.73. The predicted octanol–water partition coefficient (Wildman–Crippen LogP) is 0.419.